The van der Waals surface area contributed by atoms with Gasteiger partial charge >= 0.3 is 6.03 Å². The second kappa shape index (κ2) is 4.80. The number of amides is 4. The number of rotatable bonds is 1. The molecule has 1 saturated heterocycles. The van der Waals surface area contributed by atoms with Crippen LogP contribution in [-0.2, 0) is 9.59 Å². The van der Waals surface area contributed by atoms with Gasteiger partial charge in [0.05, 0.1) is 12.1 Å². The summed E-state index contributed by atoms with van der Waals surface area (Å²) in [5.74, 6) is -2.75. The molecule has 1 unspecified atom stereocenters. The standard InChI is InChI=1S/C16H11ClN4O3/c1-20-12(22)16(13(23)21(2)14(20)24)11(15(16,7-18)8-19)9-5-3-4-6-10(9)17/h3-6,11H,1-2H3. The molecule has 0 N–H and O–H groups in total. The van der Waals surface area contributed by atoms with Crippen molar-refractivity contribution in [1.82, 2.24) is 9.80 Å². The lowest BCUT2D eigenvalue weighted by molar-refractivity contribution is -0.151. The van der Waals surface area contributed by atoms with E-state index >= 15 is 0 Å². The van der Waals surface area contributed by atoms with E-state index in [9.17, 15) is 24.9 Å². The van der Waals surface area contributed by atoms with Crippen molar-refractivity contribution in [2.45, 2.75) is 5.92 Å². The molecule has 3 rings (SSSR count). The molecule has 0 bridgehead atoms. The zero-order chi connectivity index (χ0) is 17.9. The van der Waals surface area contributed by atoms with Crippen LogP contribution in [0.15, 0.2) is 24.3 Å². The van der Waals surface area contributed by atoms with Gasteiger partial charge in [0.2, 0.25) is 11.8 Å². The van der Waals surface area contributed by atoms with Crippen LogP contribution in [0.3, 0.4) is 0 Å². The molecule has 0 aromatic heterocycles. The molecule has 24 heavy (non-hydrogen) atoms. The van der Waals surface area contributed by atoms with Gasteiger partial charge in [-0.1, -0.05) is 29.8 Å². The van der Waals surface area contributed by atoms with Gasteiger partial charge in [0.25, 0.3) is 0 Å². The van der Waals surface area contributed by atoms with Gasteiger partial charge in [-0.15, -0.1) is 0 Å². The third kappa shape index (κ3) is 1.48. The number of barbiturate groups is 1. The summed E-state index contributed by atoms with van der Waals surface area (Å²) in [5, 5.41) is 19.5. The van der Waals surface area contributed by atoms with Gasteiger partial charge in [0, 0.05) is 25.0 Å². The first-order chi connectivity index (χ1) is 11.3. The number of urea groups is 1. The highest BCUT2D eigenvalue weighted by molar-refractivity contribution is 6.32. The average Bonchev–Trinajstić information content (AvgIpc) is 3.21. The molecule has 1 aromatic rings. The maximum absolute atomic E-state index is 12.8. The van der Waals surface area contributed by atoms with E-state index in [1.54, 1.807) is 24.3 Å². The van der Waals surface area contributed by atoms with Crippen molar-refractivity contribution in [3.63, 3.8) is 0 Å². The Labute approximate surface area is 142 Å². The first-order valence-electron chi connectivity index (χ1n) is 6.98. The number of nitrogens with zero attached hydrogens (tertiary/aromatic N) is 4. The Kier molecular flexibility index (Phi) is 3.19. The fourth-order valence-corrected chi connectivity index (χ4v) is 3.83. The molecule has 1 saturated carbocycles. The zero-order valence-electron chi connectivity index (χ0n) is 12.8. The second-order valence-corrected chi connectivity index (χ2v) is 6.21. The number of carbonyl (C=O) groups excluding carboxylic acids is 3. The number of hydrogen-bond donors (Lipinski definition) is 0. The first-order valence-corrected chi connectivity index (χ1v) is 7.36. The maximum atomic E-state index is 12.8. The average molecular weight is 343 g/mol. The zero-order valence-corrected chi connectivity index (χ0v) is 13.5. The quantitative estimate of drug-likeness (QED) is 0.719. The Morgan fingerprint density at radius 2 is 1.54 bits per heavy atom. The molecule has 1 aliphatic heterocycles. The van der Waals surface area contributed by atoms with Crippen molar-refractivity contribution in [2.75, 3.05) is 14.1 Å². The molecule has 2 fully saturated rings. The number of benzene rings is 1. The first kappa shape index (κ1) is 16.0. The highest BCUT2D eigenvalue weighted by Crippen LogP contribution is 2.76. The third-order valence-electron chi connectivity index (χ3n) is 4.83. The number of halogens is 1. The van der Waals surface area contributed by atoms with Crippen molar-refractivity contribution in [2.24, 2.45) is 10.8 Å². The van der Waals surface area contributed by atoms with E-state index in [-0.39, 0.29) is 5.02 Å². The smallest absolute Gasteiger partial charge is 0.273 e. The molecule has 1 atom stereocenters. The van der Waals surface area contributed by atoms with Crippen LogP contribution in [0.1, 0.15) is 11.5 Å². The summed E-state index contributed by atoms with van der Waals surface area (Å²) in [6.45, 7) is 0. The lowest BCUT2D eigenvalue weighted by Gasteiger charge is -2.34. The minimum absolute atomic E-state index is 0.247. The van der Waals surface area contributed by atoms with Gasteiger partial charge in [-0.2, -0.15) is 10.5 Å². The molecular weight excluding hydrogens is 332 g/mol. The number of hydrogen-bond acceptors (Lipinski definition) is 5. The van der Waals surface area contributed by atoms with E-state index in [4.69, 9.17) is 11.6 Å². The van der Waals surface area contributed by atoms with Gasteiger partial charge in [-0.3, -0.25) is 19.4 Å². The molecule has 1 aromatic carbocycles. The normalized spacial score (nSPS) is 23.9. The summed E-state index contributed by atoms with van der Waals surface area (Å²) in [7, 11) is 2.44. The van der Waals surface area contributed by atoms with Crippen molar-refractivity contribution < 1.29 is 14.4 Å². The van der Waals surface area contributed by atoms with Crippen LogP contribution in [0.4, 0.5) is 4.79 Å². The summed E-state index contributed by atoms with van der Waals surface area (Å²) in [6, 6.07) is 9.29. The van der Waals surface area contributed by atoms with Crippen molar-refractivity contribution in [1.29, 1.82) is 10.5 Å². The second-order valence-electron chi connectivity index (χ2n) is 5.81. The molecule has 120 valence electrons. The Hall–Kier alpha value is -2.90. The summed E-state index contributed by atoms with van der Waals surface area (Å²) < 4.78 is 0. The SMILES string of the molecule is CN1C(=O)N(C)C(=O)C2(C1=O)C(c1ccccc1Cl)C2(C#N)C#N. The van der Waals surface area contributed by atoms with E-state index in [0.717, 1.165) is 9.80 Å². The number of nitriles is 2. The Bertz CT molecular complexity index is 844. The van der Waals surface area contributed by atoms with E-state index in [0.29, 0.717) is 5.56 Å². The van der Waals surface area contributed by atoms with Gasteiger partial charge in [0.15, 0.2) is 10.8 Å². The molecule has 1 aliphatic carbocycles. The van der Waals surface area contributed by atoms with E-state index < -0.39 is 34.6 Å². The molecule has 2 aliphatic rings. The lowest BCUT2D eigenvalue weighted by Crippen LogP contribution is -2.59. The molecule has 8 heteroatoms. The maximum Gasteiger partial charge on any atom is 0.332 e. The van der Waals surface area contributed by atoms with Gasteiger partial charge in [-0.25, -0.2) is 4.79 Å². The van der Waals surface area contributed by atoms with Crippen LogP contribution in [0, 0.1) is 33.5 Å². The summed E-state index contributed by atoms with van der Waals surface area (Å²) in [5.41, 5.74) is -3.51. The topological polar surface area (TPSA) is 105 Å². The van der Waals surface area contributed by atoms with E-state index in [1.807, 2.05) is 12.1 Å². The highest BCUT2D eigenvalue weighted by Gasteiger charge is 2.89. The van der Waals surface area contributed by atoms with Crippen molar-refractivity contribution >= 4 is 29.4 Å². The molecule has 7 nitrogen and oxygen atoms in total. The summed E-state index contributed by atoms with van der Waals surface area (Å²) in [6.07, 6.45) is 0. The lowest BCUT2D eigenvalue weighted by atomic mass is 9.90. The van der Waals surface area contributed by atoms with Crippen LogP contribution in [-0.4, -0.2) is 41.7 Å². The van der Waals surface area contributed by atoms with Crippen LogP contribution >= 0.6 is 11.6 Å². The third-order valence-corrected chi connectivity index (χ3v) is 5.18. The highest BCUT2D eigenvalue weighted by atomic mass is 35.5. The molecule has 1 heterocycles. The van der Waals surface area contributed by atoms with Crippen molar-refractivity contribution in [3.05, 3.63) is 34.9 Å². The van der Waals surface area contributed by atoms with Crippen LogP contribution in [0.5, 0.6) is 0 Å². The van der Waals surface area contributed by atoms with Gasteiger partial charge < -0.3 is 0 Å². The minimum atomic E-state index is -1.96. The number of carbonyl (C=O) groups is 3. The minimum Gasteiger partial charge on any atom is -0.273 e. The molecular formula is C16H11ClN4O3. The van der Waals surface area contributed by atoms with Crippen LogP contribution in [0.2, 0.25) is 5.02 Å². The fraction of sp³-hybridized carbons (Fsp3) is 0.312. The Morgan fingerprint density at radius 1 is 1.04 bits per heavy atom. The fourth-order valence-electron chi connectivity index (χ4n) is 3.58. The van der Waals surface area contributed by atoms with E-state index in [2.05, 4.69) is 0 Å². The van der Waals surface area contributed by atoms with E-state index in [1.165, 1.54) is 14.1 Å². The molecule has 4 amide bonds. The van der Waals surface area contributed by atoms with Gasteiger partial charge in [0.1, 0.15) is 0 Å². The van der Waals surface area contributed by atoms with Crippen LogP contribution < -0.4 is 0 Å². The predicted octanol–water partition coefficient (Wildman–Crippen LogP) is 1.51. The largest absolute Gasteiger partial charge is 0.332 e. The Morgan fingerprint density at radius 3 is 2.00 bits per heavy atom. The van der Waals surface area contributed by atoms with Crippen molar-refractivity contribution in [3.8, 4) is 12.1 Å². The molecule has 1 spiro atoms. The predicted molar refractivity (Wildman–Crippen MR) is 81.2 cm³/mol. The number of imide groups is 2. The molecule has 0 radical (unpaired) electrons. The van der Waals surface area contributed by atoms with Gasteiger partial charge in [-0.05, 0) is 11.6 Å². The summed E-state index contributed by atoms with van der Waals surface area (Å²) >= 11 is 6.16. The van der Waals surface area contributed by atoms with Crippen LogP contribution in [0.25, 0.3) is 0 Å². The Balaban J connectivity index is 2.29. The summed E-state index contributed by atoms with van der Waals surface area (Å²) in [4.78, 5) is 39.1. The monoisotopic (exact) mass is 342 g/mol.